The Labute approximate surface area is 285 Å². The quantitative estimate of drug-likeness (QED) is 0.0606. The first-order valence-electron chi connectivity index (χ1n) is 16.7. The van der Waals surface area contributed by atoms with Crippen LogP contribution in [0.3, 0.4) is 0 Å². The number of anilines is 1. The summed E-state index contributed by atoms with van der Waals surface area (Å²) in [6.07, 6.45) is 18.5. The van der Waals surface area contributed by atoms with Crippen molar-refractivity contribution in [2.24, 2.45) is 0 Å². The molecular formula is C38H50N4O5Si. The van der Waals surface area contributed by atoms with Crippen LogP contribution in [0.4, 0.5) is 10.5 Å². The van der Waals surface area contributed by atoms with Crippen LogP contribution < -0.4 is 5.32 Å². The van der Waals surface area contributed by atoms with E-state index in [0.717, 1.165) is 24.3 Å². The highest BCUT2D eigenvalue weighted by atomic mass is 28.3. The molecule has 10 heteroatoms. The fourth-order valence-corrected chi connectivity index (χ4v) is 5.72. The van der Waals surface area contributed by atoms with Crippen LogP contribution in [0.2, 0.25) is 25.7 Å². The molecule has 0 aliphatic heterocycles. The van der Waals surface area contributed by atoms with Crippen LogP contribution in [0.5, 0.6) is 0 Å². The average Bonchev–Trinajstić information content (AvgIpc) is 3.62. The summed E-state index contributed by atoms with van der Waals surface area (Å²) in [5.74, 6) is 0.000207. The number of aromatic nitrogens is 3. The minimum absolute atomic E-state index is 0.314. The van der Waals surface area contributed by atoms with Crippen LogP contribution in [-0.4, -0.2) is 59.8 Å². The maximum absolute atomic E-state index is 13.8. The fourth-order valence-electron chi connectivity index (χ4n) is 4.96. The Morgan fingerprint density at radius 1 is 1.12 bits per heavy atom. The summed E-state index contributed by atoms with van der Waals surface area (Å²) >= 11 is 0. The van der Waals surface area contributed by atoms with Gasteiger partial charge in [0.25, 0.3) is 5.91 Å². The Hall–Kier alpha value is -4.41. The first-order chi connectivity index (χ1) is 22.8. The van der Waals surface area contributed by atoms with Gasteiger partial charge in [0.05, 0.1) is 42.9 Å². The first-order valence-corrected chi connectivity index (χ1v) is 20.4. The highest BCUT2D eigenvalue weighted by molar-refractivity contribution is 6.76. The number of carbonyl (C=O) groups is 2. The number of hydrogen-bond acceptors (Lipinski definition) is 6. The highest BCUT2D eigenvalue weighted by Gasteiger charge is 2.25. The fraction of sp³-hybridized carbons (Fsp3) is 0.395. The van der Waals surface area contributed by atoms with E-state index in [9.17, 15) is 9.59 Å². The van der Waals surface area contributed by atoms with Gasteiger partial charge in [0.2, 0.25) is 0 Å². The van der Waals surface area contributed by atoms with Crippen LogP contribution in [0.1, 0.15) is 46.2 Å². The lowest BCUT2D eigenvalue weighted by atomic mass is 10.1. The molecule has 1 N–H and O–H groups in total. The number of para-hydroxylation sites is 1. The lowest BCUT2D eigenvalue weighted by Crippen LogP contribution is -2.28. The number of nitrogens with one attached hydrogen (secondary N) is 1. The smallest absolute Gasteiger partial charge is 0.419 e. The van der Waals surface area contributed by atoms with Gasteiger partial charge >= 0.3 is 6.09 Å². The summed E-state index contributed by atoms with van der Waals surface area (Å²) in [7, 11) is -1.19. The van der Waals surface area contributed by atoms with Crippen LogP contribution in [0.25, 0.3) is 16.7 Å². The predicted molar refractivity (Wildman–Crippen MR) is 197 cm³/mol. The third kappa shape index (κ3) is 11.1. The van der Waals surface area contributed by atoms with E-state index in [1.807, 2.05) is 70.3 Å². The minimum Gasteiger partial charge on any atom is -0.492 e. The number of hydrogen-bond donors (Lipinski definition) is 1. The molecule has 0 unspecified atom stereocenters. The monoisotopic (exact) mass is 670 g/mol. The molecule has 1 aliphatic carbocycles. The number of nitrogens with zero attached hydrogens (tertiary/aromatic N) is 3. The van der Waals surface area contributed by atoms with Crippen molar-refractivity contribution in [1.29, 1.82) is 0 Å². The van der Waals surface area contributed by atoms with Gasteiger partial charge < -0.3 is 19.5 Å². The molecule has 2 heterocycles. The summed E-state index contributed by atoms with van der Waals surface area (Å²) < 4.78 is 21.0. The number of carbonyl (C=O) groups excluding carboxylic acids is 2. The summed E-state index contributed by atoms with van der Waals surface area (Å²) in [4.78, 5) is 27.4. The molecule has 0 radical (unpaired) electrons. The van der Waals surface area contributed by atoms with Crippen molar-refractivity contribution in [3.8, 4) is 0 Å². The van der Waals surface area contributed by atoms with E-state index in [0.29, 0.717) is 54.6 Å². The molecule has 0 fully saturated rings. The SMILES string of the molecule is CCO\C(=C/C(=C\C=C/COCC[Si](C)(C)C)C(=O)Nc1cnn(CC2=CCCC=C2)c1)c1cc2ccccc2n1C(=O)OC(C)(C)C. The standard InChI is InChI=1S/C38H50N4O5Si/c1-8-46-35(34-24-30-18-12-13-20-33(30)42(34)37(44)47-38(2,3)4)25-31(19-14-15-21-45-22-23-48(5,6)7)36(43)40-32-26-39-41(28-32)27-29-16-10-9-11-17-29/h10,12-20,24-26,28H,8-9,11,21-23,27H2,1-7H3,(H,40,43)/b15-14-,31-19+,35-25-. The molecule has 0 spiro atoms. The Morgan fingerprint density at radius 2 is 1.92 bits per heavy atom. The molecule has 2 aromatic heterocycles. The third-order valence-corrected chi connectivity index (χ3v) is 9.02. The van der Waals surface area contributed by atoms with Gasteiger partial charge in [-0.1, -0.05) is 68.2 Å². The van der Waals surface area contributed by atoms with Crippen molar-refractivity contribution in [3.63, 3.8) is 0 Å². The van der Waals surface area contributed by atoms with Gasteiger partial charge in [-0.3, -0.25) is 9.48 Å². The molecule has 9 nitrogen and oxygen atoms in total. The minimum atomic E-state index is -1.19. The number of fused-ring (bicyclic) bond motifs is 1. The zero-order valence-corrected chi connectivity index (χ0v) is 30.4. The van der Waals surface area contributed by atoms with E-state index < -0.39 is 19.8 Å². The normalized spacial score (nSPS) is 14.4. The van der Waals surface area contributed by atoms with Crippen LogP contribution in [-0.2, 0) is 25.5 Å². The zero-order chi connectivity index (χ0) is 34.7. The van der Waals surface area contributed by atoms with Crippen LogP contribution >= 0.6 is 0 Å². The maximum Gasteiger partial charge on any atom is 0.419 e. The lowest BCUT2D eigenvalue weighted by molar-refractivity contribution is -0.112. The molecule has 1 aliphatic rings. The van der Waals surface area contributed by atoms with Crippen molar-refractivity contribution >= 4 is 42.4 Å². The molecule has 0 saturated heterocycles. The Morgan fingerprint density at radius 3 is 2.62 bits per heavy atom. The largest absolute Gasteiger partial charge is 0.492 e. The second-order valence-electron chi connectivity index (χ2n) is 13.9. The van der Waals surface area contributed by atoms with Gasteiger partial charge in [-0.15, -0.1) is 0 Å². The summed E-state index contributed by atoms with van der Waals surface area (Å²) in [5, 5.41) is 8.27. The van der Waals surface area contributed by atoms with E-state index in [1.165, 1.54) is 10.1 Å². The lowest BCUT2D eigenvalue weighted by Gasteiger charge is -2.21. The topological polar surface area (TPSA) is 96.6 Å². The van der Waals surface area contributed by atoms with Gasteiger partial charge in [-0.2, -0.15) is 5.10 Å². The van der Waals surface area contributed by atoms with Gasteiger partial charge in [-0.25, -0.2) is 9.36 Å². The van der Waals surface area contributed by atoms with E-state index >= 15 is 0 Å². The van der Waals surface area contributed by atoms with Crippen molar-refractivity contribution in [2.45, 2.75) is 78.4 Å². The van der Waals surface area contributed by atoms with E-state index in [-0.39, 0.29) is 5.91 Å². The summed E-state index contributed by atoms with van der Waals surface area (Å²) in [5.41, 5.74) is 2.52. The number of rotatable bonds is 14. The van der Waals surface area contributed by atoms with Crippen molar-refractivity contribution in [2.75, 3.05) is 25.1 Å². The molecule has 1 aromatic carbocycles. The number of allylic oxidation sites excluding steroid dienone is 6. The molecule has 1 amide bonds. The van der Waals surface area contributed by atoms with E-state index in [1.54, 1.807) is 29.1 Å². The molecule has 4 rings (SSSR count). The second kappa shape index (κ2) is 16.6. The average molecular weight is 671 g/mol. The predicted octanol–water partition coefficient (Wildman–Crippen LogP) is 8.75. The second-order valence-corrected chi connectivity index (χ2v) is 19.5. The number of benzene rings is 1. The first kappa shape index (κ1) is 36.4. The zero-order valence-electron chi connectivity index (χ0n) is 29.4. The van der Waals surface area contributed by atoms with E-state index in [2.05, 4.69) is 48.3 Å². The molecule has 256 valence electrons. The van der Waals surface area contributed by atoms with Gasteiger partial charge in [-0.05, 0) is 76.4 Å². The van der Waals surface area contributed by atoms with E-state index in [4.69, 9.17) is 14.2 Å². The molecule has 0 atom stereocenters. The molecule has 3 aromatic rings. The third-order valence-electron chi connectivity index (χ3n) is 7.32. The Balaban J connectivity index is 1.67. The van der Waals surface area contributed by atoms with Crippen LogP contribution in [0.15, 0.2) is 96.4 Å². The van der Waals surface area contributed by atoms with Crippen molar-refractivity contribution < 1.29 is 23.8 Å². The molecule has 0 saturated carbocycles. The molecule has 0 bridgehead atoms. The highest BCUT2D eigenvalue weighted by Crippen LogP contribution is 2.29. The van der Waals surface area contributed by atoms with Crippen LogP contribution in [0, 0.1) is 0 Å². The van der Waals surface area contributed by atoms with Gasteiger partial charge in [0.1, 0.15) is 11.4 Å². The Kier molecular flexibility index (Phi) is 12.6. The molecule has 48 heavy (non-hydrogen) atoms. The summed E-state index contributed by atoms with van der Waals surface area (Å²) in [6.45, 7) is 16.4. The number of ether oxygens (including phenoxy) is 3. The Bertz CT molecular complexity index is 1730. The van der Waals surface area contributed by atoms with Crippen molar-refractivity contribution in [1.82, 2.24) is 14.3 Å². The molecular weight excluding hydrogens is 621 g/mol. The number of amides is 1. The summed E-state index contributed by atoms with van der Waals surface area (Å²) in [6, 6.07) is 10.5. The maximum atomic E-state index is 13.8. The van der Waals surface area contributed by atoms with Gasteiger partial charge in [0.15, 0.2) is 0 Å². The van der Waals surface area contributed by atoms with Gasteiger partial charge in [0, 0.05) is 31.8 Å². The van der Waals surface area contributed by atoms with Crippen molar-refractivity contribution in [3.05, 3.63) is 102 Å².